The van der Waals surface area contributed by atoms with Crippen LogP contribution in [-0.2, 0) is 0 Å². The second-order valence-electron chi connectivity index (χ2n) is 4.78. The minimum atomic E-state index is -1.45. The van der Waals surface area contributed by atoms with Gasteiger partial charge in [-0.05, 0) is 0 Å². The first-order valence-corrected chi connectivity index (χ1v) is 14.7. The molecule has 0 fully saturated rings. The quantitative estimate of drug-likeness (QED) is 0.378. The van der Waals surface area contributed by atoms with E-state index in [0.29, 0.717) is 0 Å². The zero-order valence-electron chi connectivity index (χ0n) is 12.3. The first-order chi connectivity index (χ1) is 10.7. The van der Waals surface area contributed by atoms with Gasteiger partial charge in [-0.15, -0.1) is 0 Å². The van der Waals surface area contributed by atoms with Crippen molar-refractivity contribution in [3.8, 4) is 16.9 Å². The molecule has 0 unspecified atom stereocenters. The fourth-order valence-corrected chi connectivity index (χ4v) is 10.6. The van der Waals surface area contributed by atoms with Gasteiger partial charge in [0.2, 0.25) is 0 Å². The summed E-state index contributed by atoms with van der Waals surface area (Å²) in [6.45, 7) is 2.20. The molecule has 0 aliphatic rings. The first kappa shape index (κ1) is 16.0. The number of halogens is 2. The van der Waals surface area contributed by atoms with Crippen molar-refractivity contribution in [1.29, 1.82) is 0 Å². The Bertz CT molecular complexity index is 753. The van der Waals surface area contributed by atoms with Crippen LogP contribution in [0, 0.1) is 13.4 Å². The Morgan fingerprint density at radius 3 is 2.32 bits per heavy atom. The van der Waals surface area contributed by atoms with Gasteiger partial charge in [0.1, 0.15) is 0 Å². The third-order valence-electron chi connectivity index (χ3n) is 3.38. The molecular formula is C18H16BrIOS. The molecule has 0 atom stereocenters. The third kappa shape index (κ3) is 3.39. The molecule has 114 valence electrons. The van der Waals surface area contributed by atoms with Gasteiger partial charge >= 0.3 is 149 Å². The van der Waals surface area contributed by atoms with Crippen LogP contribution in [0.2, 0.25) is 0 Å². The van der Waals surface area contributed by atoms with Gasteiger partial charge in [0.15, 0.2) is 0 Å². The van der Waals surface area contributed by atoms with E-state index in [4.69, 9.17) is 4.74 Å². The van der Waals surface area contributed by atoms with Gasteiger partial charge in [-0.25, -0.2) is 0 Å². The summed E-state index contributed by atoms with van der Waals surface area (Å²) in [6.07, 6.45) is 0. The number of rotatable bonds is 4. The van der Waals surface area contributed by atoms with Crippen LogP contribution < -0.4 is 4.74 Å². The second kappa shape index (κ2) is 7.15. The SMILES string of the molecule is COc1ccc(-c2cc(I(Br)c3ccccc3)sc2C)cc1. The van der Waals surface area contributed by atoms with Crippen LogP contribution in [0.4, 0.5) is 0 Å². The number of hydrogen-bond acceptors (Lipinski definition) is 2. The van der Waals surface area contributed by atoms with Gasteiger partial charge in [0, 0.05) is 0 Å². The number of methoxy groups -OCH3 is 1. The molecule has 0 aliphatic heterocycles. The van der Waals surface area contributed by atoms with Gasteiger partial charge < -0.3 is 0 Å². The Morgan fingerprint density at radius 1 is 1.00 bits per heavy atom. The Balaban J connectivity index is 1.93. The van der Waals surface area contributed by atoms with E-state index in [2.05, 4.69) is 68.1 Å². The Kier molecular flexibility index (Phi) is 5.21. The van der Waals surface area contributed by atoms with E-state index in [1.807, 2.05) is 23.5 Å². The van der Waals surface area contributed by atoms with Gasteiger partial charge in [0.05, 0.1) is 0 Å². The van der Waals surface area contributed by atoms with E-state index in [1.165, 1.54) is 22.5 Å². The van der Waals surface area contributed by atoms with Gasteiger partial charge in [-0.3, -0.25) is 0 Å². The molecular weight excluding hydrogens is 471 g/mol. The molecule has 3 aromatic rings. The zero-order chi connectivity index (χ0) is 15.5. The van der Waals surface area contributed by atoms with E-state index < -0.39 is 17.6 Å². The van der Waals surface area contributed by atoms with Crippen molar-refractivity contribution < 1.29 is 4.74 Å². The fraction of sp³-hybridized carbons (Fsp3) is 0.111. The molecule has 2 aromatic carbocycles. The molecule has 0 saturated carbocycles. The van der Waals surface area contributed by atoms with Crippen LogP contribution in [0.3, 0.4) is 0 Å². The number of benzene rings is 2. The van der Waals surface area contributed by atoms with E-state index in [9.17, 15) is 0 Å². The summed E-state index contributed by atoms with van der Waals surface area (Å²) in [5, 5.41) is 0. The van der Waals surface area contributed by atoms with Crippen molar-refractivity contribution in [1.82, 2.24) is 0 Å². The predicted octanol–water partition coefficient (Wildman–Crippen LogP) is 6.59. The topological polar surface area (TPSA) is 9.23 Å². The van der Waals surface area contributed by atoms with Crippen LogP contribution in [0.25, 0.3) is 11.1 Å². The van der Waals surface area contributed by atoms with Crippen molar-refractivity contribution in [2.45, 2.75) is 6.92 Å². The molecule has 0 bridgehead atoms. The van der Waals surface area contributed by atoms with Crippen molar-refractivity contribution in [2.24, 2.45) is 0 Å². The summed E-state index contributed by atoms with van der Waals surface area (Å²) in [6, 6.07) is 21.4. The average Bonchev–Trinajstić information content (AvgIpc) is 2.97. The molecule has 3 rings (SSSR count). The van der Waals surface area contributed by atoms with Gasteiger partial charge in [-0.1, -0.05) is 0 Å². The second-order valence-corrected chi connectivity index (χ2v) is 14.6. The number of ether oxygens (including phenoxy) is 1. The van der Waals surface area contributed by atoms with E-state index in [-0.39, 0.29) is 0 Å². The van der Waals surface area contributed by atoms with Crippen LogP contribution in [0.5, 0.6) is 5.75 Å². The number of aryl methyl sites for hydroxylation is 1. The van der Waals surface area contributed by atoms with Crippen LogP contribution >= 0.6 is 41.6 Å². The van der Waals surface area contributed by atoms with Gasteiger partial charge in [0.25, 0.3) is 0 Å². The minimum absolute atomic E-state index is 0.898. The molecule has 0 amide bonds. The summed E-state index contributed by atoms with van der Waals surface area (Å²) in [4.78, 5) is 1.37. The Hall–Kier alpha value is -0.850. The van der Waals surface area contributed by atoms with Crippen molar-refractivity contribution in [3.63, 3.8) is 0 Å². The van der Waals surface area contributed by atoms with Crippen molar-refractivity contribution >= 4 is 41.6 Å². The summed E-state index contributed by atoms with van der Waals surface area (Å²) in [5.41, 5.74) is 2.59. The molecule has 0 radical (unpaired) electrons. The van der Waals surface area contributed by atoms with Crippen LogP contribution in [0.1, 0.15) is 4.88 Å². The molecule has 0 spiro atoms. The Morgan fingerprint density at radius 2 is 1.68 bits per heavy atom. The summed E-state index contributed by atoms with van der Waals surface area (Å²) in [5.74, 6) is 0.898. The maximum atomic E-state index is 5.24. The molecule has 22 heavy (non-hydrogen) atoms. The standard InChI is InChI=1S/C18H16BrIOS/c1-13-17(14-8-10-16(21-2)11-9-14)12-18(22-13)20(19)15-6-4-3-5-7-15/h3-12H,1-2H3. The molecule has 0 aliphatic carbocycles. The van der Waals surface area contributed by atoms with Crippen molar-refractivity contribution in [2.75, 3.05) is 7.11 Å². The van der Waals surface area contributed by atoms with Crippen LogP contribution in [0.15, 0.2) is 60.7 Å². The molecule has 0 N–H and O–H groups in total. The number of thiophene rings is 1. The average molecular weight is 487 g/mol. The van der Waals surface area contributed by atoms with Crippen LogP contribution in [-0.4, -0.2) is 7.11 Å². The molecule has 1 aromatic heterocycles. The van der Waals surface area contributed by atoms with E-state index >= 15 is 0 Å². The first-order valence-electron chi connectivity index (χ1n) is 6.85. The molecule has 1 nitrogen and oxygen atoms in total. The van der Waals surface area contributed by atoms with Crippen molar-refractivity contribution in [3.05, 3.63) is 72.0 Å². The summed E-state index contributed by atoms with van der Waals surface area (Å²) < 4.78 is 8.16. The Labute approximate surface area is 148 Å². The molecule has 1 heterocycles. The molecule has 0 saturated heterocycles. The maximum absolute atomic E-state index is 5.24. The molecule has 4 heteroatoms. The summed E-state index contributed by atoms with van der Waals surface area (Å²) in [7, 11) is 1.70. The van der Waals surface area contributed by atoms with Gasteiger partial charge in [-0.2, -0.15) is 0 Å². The van der Waals surface area contributed by atoms with E-state index in [0.717, 1.165) is 5.75 Å². The summed E-state index contributed by atoms with van der Waals surface area (Å²) >= 11 is 4.45. The zero-order valence-corrected chi connectivity index (χ0v) is 16.9. The number of hydrogen-bond donors (Lipinski definition) is 0. The predicted molar refractivity (Wildman–Crippen MR) is 108 cm³/mol. The fourth-order valence-electron chi connectivity index (χ4n) is 2.22. The van der Waals surface area contributed by atoms with E-state index in [1.54, 1.807) is 7.11 Å². The monoisotopic (exact) mass is 486 g/mol. The normalized spacial score (nSPS) is 11.3. The third-order valence-corrected chi connectivity index (χ3v) is 14.8.